The molecule has 4 aliphatic carbocycles. The average molecular weight is 457 g/mol. The SMILES string of the molecule is C1=CC2=CC=C3C(c4c5ccccc5c(-c5ccccc5)c5ccccc45)=CC=C4C=CC(=C2C43)C1. The lowest BCUT2D eigenvalue weighted by Gasteiger charge is -2.37. The smallest absolute Gasteiger partial charge is 0.0354 e. The second-order valence-corrected chi connectivity index (χ2v) is 10.0. The van der Waals surface area contributed by atoms with Crippen molar-refractivity contribution in [3.8, 4) is 11.1 Å². The molecule has 0 radical (unpaired) electrons. The Morgan fingerprint density at radius 2 is 1.22 bits per heavy atom. The molecule has 0 saturated carbocycles. The fourth-order valence-electron chi connectivity index (χ4n) is 6.66. The standard InChI is InChI=1S/C36H24/c1-2-9-23(10-3-1)34-27-13-4-6-15-29(27)36(30-16-7-5-14-28(30)34)32-22-20-26-18-17-24-11-8-12-25-19-21-31(32)35(26)33(24)25/h1-10,12-22,35H,11H2. The zero-order valence-corrected chi connectivity index (χ0v) is 19.9. The van der Waals surface area contributed by atoms with Crippen LogP contribution in [0.3, 0.4) is 0 Å². The lowest BCUT2D eigenvalue weighted by atomic mass is 9.66. The molecule has 4 aromatic carbocycles. The summed E-state index contributed by atoms with van der Waals surface area (Å²) < 4.78 is 0. The molecule has 0 amide bonds. The van der Waals surface area contributed by atoms with Gasteiger partial charge in [0.1, 0.15) is 0 Å². The van der Waals surface area contributed by atoms with Crippen LogP contribution in [-0.2, 0) is 0 Å². The normalized spacial score (nSPS) is 19.6. The molecule has 168 valence electrons. The van der Waals surface area contributed by atoms with E-state index in [-0.39, 0.29) is 0 Å². The van der Waals surface area contributed by atoms with Crippen LogP contribution in [0.25, 0.3) is 38.2 Å². The number of benzene rings is 4. The van der Waals surface area contributed by atoms with Gasteiger partial charge < -0.3 is 0 Å². The third-order valence-electron chi connectivity index (χ3n) is 8.16. The molecule has 0 saturated heterocycles. The minimum atomic E-state index is 0.321. The first-order valence-corrected chi connectivity index (χ1v) is 12.8. The second-order valence-electron chi connectivity index (χ2n) is 10.0. The molecule has 0 aliphatic heterocycles. The first kappa shape index (κ1) is 19.8. The Morgan fingerprint density at radius 1 is 0.556 bits per heavy atom. The van der Waals surface area contributed by atoms with Crippen LogP contribution in [0.5, 0.6) is 0 Å². The molecule has 4 aliphatic rings. The zero-order chi connectivity index (χ0) is 23.6. The van der Waals surface area contributed by atoms with Crippen LogP contribution in [0.2, 0.25) is 0 Å². The first-order valence-electron chi connectivity index (χ1n) is 12.8. The van der Waals surface area contributed by atoms with Crippen molar-refractivity contribution in [2.45, 2.75) is 6.42 Å². The molecule has 1 unspecified atom stereocenters. The van der Waals surface area contributed by atoms with Crippen LogP contribution in [-0.4, -0.2) is 0 Å². The number of rotatable bonds is 2. The van der Waals surface area contributed by atoms with E-state index in [1.54, 1.807) is 0 Å². The van der Waals surface area contributed by atoms with E-state index in [2.05, 4.69) is 127 Å². The van der Waals surface area contributed by atoms with Crippen LogP contribution in [0.1, 0.15) is 12.0 Å². The van der Waals surface area contributed by atoms with E-state index < -0.39 is 0 Å². The molecule has 0 fully saturated rings. The second kappa shape index (κ2) is 7.54. The Morgan fingerprint density at radius 3 is 1.94 bits per heavy atom. The van der Waals surface area contributed by atoms with Gasteiger partial charge in [-0.3, -0.25) is 0 Å². The van der Waals surface area contributed by atoms with Crippen molar-refractivity contribution in [2.75, 3.05) is 0 Å². The van der Waals surface area contributed by atoms with E-state index >= 15 is 0 Å². The topological polar surface area (TPSA) is 0 Å². The fraction of sp³-hybridized carbons (Fsp3) is 0.0556. The van der Waals surface area contributed by atoms with Crippen LogP contribution >= 0.6 is 0 Å². The summed E-state index contributed by atoms with van der Waals surface area (Å²) in [7, 11) is 0. The molecule has 0 heteroatoms. The maximum atomic E-state index is 2.38. The highest BCUT2D eigenvalue weighted by atomic mass is 14.4. The van der Waals surface area contributed by atoms with Crippen molar-refractivity contribution in [1.82, 2.24) is 0 Å². The average Bonchev–Trinajstić information content (AvgIpc) is 2.95. The van der Waals surface area contributed by atoms with Crippen molar-refractivity contribution < 1.29 is 0 Å². The zero-order valence-electron chi connectivity index (χ0n) is 19.9. The quantitative estimate of drug-likeness (QED) is 0.264. The summed E-state index contributed by atoms with van der Waals surface area (Å²) in [6, 6.07) is 28.8. The van der Waals surface area contributed by atoms with E-state index in [1.807, 2.05) is 0 Å². The minimum Gasteiger partial charge on any atom is -0.0795 e. The van der Waals surface area contributed by atoms with E-state index in [1.165, 1.54) is 71.7 Å². The third-order valence-corrected chi connectivity index (χ3v) is 8.16. The summed E-state index contributed by atoms with van der Waals surface area (Å²) in [6.45, 7) is 0. The minimum absolute atomic E-state index is 0.321. The van der Waals surface area contributed by atoms with Gasteiger partial charge in [-0.2, -0.15) is 0 Å². The number of fused-ring (bicyclic) bond motifs is 2. The van der Waals surface area contributed by atoms with Crippen LogP contribution in [0, 0.1) is 5.92 Å². The molecule has 4 aromatic rings. The number of hydrogen-bond donors (Lipinski definition) is 0. The molecular formula is C36H24. The predicted molar refractivity (Wildman–Crippen MR) is 153 cm³/mol. The van der Waals surface area contributed by atoms with Crippen LogP contribution in [0.15, 0.2) is 155 Å². The maximum Gasteiger partial charge on any atom is 0.0354 e. The molecule has 1 atom stereocenters. The van der Waals surface area contributed by atoms with Gasteiger partial charge in [0.15, 0.2) is 0 Å². The van der Waals surface area contributed by atoms with E-state index in [4.69, 9.17) is 0 Å². The van der Waals surface area contributed by atoms with Crippen LogP contribution in [0.4, 0.5) is 0 Å². The van der Waals surface area contributed by atoms with Gasteiger partial charge in [-0.25, -0.2) is 0 Å². The molecule has 36 heavy (non-hydrogen) atoms. The molecule has 0 bridgehead atoms. The van der Waals surface area contributed by atoms with E-state index in [0.29, 0.717) is 5.92 Å². The summed E-state index contributed by atoms with van der Waals surface area (Å²) in [4.78, 5) is 0. The van der Waals surface area contributed by atoms with E-state index in [9.17, 15) is 0 Å². The van der Waals surface area contributed by atoms with Crippen molar-refractivity contribution in [3.05, 3.63) is 161 Å². The molecule has 0 aromatic heterocycles. The van der Waals surface area contributed by atoms with Gasteiger partial charge in [-0.1, -0.05) is 127 Å². The molecule has 8 rings (SSSR count). The summed E-state index contributed by atoms with van der Waals surface area (Å²) in [6.07, 6.45) is 19.7. The van der Waals surface area contributed by atoms with Gasteiger partial charge in [0.2, 0.25) is 0 Å². The van der Waals surface area contributed by atoms with Gasteiger partial charge in [0, 0.05) is 5.92 Å². The van der Waals surface area contributed by atoms with E-state index in [0.717, 1.165) is 6.42 Å². The number of allylic oxidation sites excluding steroid dienone is 14. The Balaban J connectivity index is 1.47. The summed E-state index contributed by atoms with van der Waals surface area (Å²) in [5.41, 5.74) is 12.4. The Labute approximate surface area is 211 Å². The van der Waals surface area contributed by atoms with Gasteiger partial charge >= 0.3 is 0 Å². The van der Waals surface area contributed by atoms with Gasteiger partial charge in [0.25, 0.3) is 0 Å². The highest BCUT2D eigenvalue weighted by Crippen LogP contribution is 2.52. The lowest BCUT2D eigenvalue weighted by molar-refractivity contribution is 0.843. The Kier molecular flexibility index (Phi) is 4.15. The van der Waals surface area contributed by atoms with Crippen LogP contribution < -0.4 is 0 Å². The van der Waals surface area contributed by atoms with Gasteiger partial charge in [-0.15, -0.1) is 0 Å². The van der Waals surface area contributed by atoms with Crippen molar-refractivity contribution in [2.24, 2.45) is 5.92 Å². The summed E-state index contributed by atoms with van der Waals surface area (Å²) in [5.74, 6) is 0.321. The predicted octanol–water partition coefficient (Wildman–Crippen LogP) is 9.29. The highest BCUT2D eigenvalue weighted by Gasteiger charge is 2.35. The van der Waals surface area contributed by atoms with Crippen molar-refractivity contribution >= 4 is 27.1 Å². The molecule has 0 N–H and O–H groups in total. The first-order chi connectivity index (χ1) is 17.9. The van der Waals surface area contributed by atoms with Gasteiger partial charge in [0.05, 0.1) is 0 Å². The lowest BCUT2D eigenvalue weighted by Crippen LogP contribution is -2.22. The highest BCUT2D eigenvalue weighted by molar-refractivity contribution is 6.20. The number of hydrogen-bond acceptors (Lipinski definition) is 0. The van der Waals surface area contributed by atoms with Crippen molar-refractivity contribution in [3.63, 3.8) is 0 Å². The van der Waals surface area contributed by atoms with Gasteiger partial charge in [-0.05, 0) is 78.1 Å². The largest absolute Gasteiger partial charge is 0.0795 e. The fourth-order valence-corrected chi connectivity index (χ4v) is 6.66. The molecule has 0 nitrogen and oxygen atoms in total. The summed E-state index contributed by atoms with van der Waals surface area (Å²) >= 11 is 0. The molecule has 0 spiro atoms. The third kappa shape index (κ3) is 2.70. The summed E-state index contributed by atoms with van der Waals surface area (Å²) in [5, 5.41) is 5.25. The maximum absolute atomic E-state index is 2.38. The Hall–Kier alpha value is -4.42. The monoisotopic (exact) mass is 456 g/mol. The Bertz CT molecular complexity index is 1770. The molecular weight excluding hydrogens is 432 g/mol. The van der Waals surface area contributed by atoms with Crippen molar-refractivity contribution in [1.29, 1.82) is 0 Å². The molecule has 0 heterocycles.